The molecular formula is C38H69N5O4. The van der Waals surface area contributed by atoms with Gasteiger partial charge in [0, 0.05) is 31.8 Å². The van der Waals surface area contributed by atoms with Crippen LogP contribution >= 0.6 is 0 Å². The van der Waals surface area contributed by atoms with Crippen LogP contribution in [0.5, 0.6) is 0 Å². The van der Waals surface area contributed by atoms with Gasteiger partial charge in [-0.2, -0.15) is 0 Å². The molecule has 0 radical (unpaired) electrons. The van der Waals surface area contributed by atoms with Gasteiger partial charge in [-0.25, -0.2) is 0 Å². The van der Waals surface area contributed by atoms with E-state index < -0.39 is 17.5 Å². The number of nitrogens with zero attached hydrogens (tertiary/aromatic N) is 3. The highest BCUT2D eigenvalue weighted by atomic mass is 16.2. The fraction of sp³-hybridized carbons (Fsp3) is 0.842. The fourth-order valence-corrected chi connectivity index (χ4v) is 7.09. The molecule has 2 aliphatic heterocycles. The normalized spacial score (nSPS) is 20.8. The summed E-state index contributed by atoms with van der Waals surface area (Å²) in [6, 6.07) is -1.53. The molecule has 0 saturated carbocycles. The standard InChI is InChI=1S/C38H69N5O4/c1-11-12-13-14-15-16-18-23-39-34(44)30-22-20-25-43(30)36(46)29(6)26-32(27(2)3)41(10)37(47)33(38(7,8)9)40-35(45)31-21-17-19-24-42(31)28(4)5/h26-28,30-33H,11-25H2,1-10H3,(H,39,44)(H,40,45)/b29-26+/t30-,31?,32+,33+/m0/s1. The predicted molar refractivity (Wildman–Crippen MR) is 192 cm³/mol. The summed E-state index contributed by atoms with van der Waals surface area (Å²) in [5.74, 6) is -0.459. The molecule has 2 rings (SSSR count). The summed E-state index contributed by atoms with van der Waals surface area (Å²) >= 11 is 0. The average Bonchev–Trinajstić information content (AvgIpc) is 3.52. The number of hydrogen-bond acceptors (Lipinski definition) is 5. The molecule has 0 spiro atoms. The van der Waals surface area contributed by atoms with Gasteiger partial charge in [-0.15, -0.1) is 0 Å². The Morgan fingerprint density at radius 3 is 2.06 bits per heavy atom. The molecule has 9 nitrogen and oxygen atoms in total. The summed E-state index contributed by atoms with van der Waals surface area (Å²) in [5, 5.41) is 6.22. The van der Waals surface area contributed by atoms with Crippen molar-refractivity contribution < 1.29 is 19.2 Å². The minimum atomic E-state index is -0.718. The lowest BCUT2D eigenvalue weighted by atomic mass is 9.84. The highest BCUT2D eigenvalue weighted by Crippen LogP contribution is 2.27. The summed E-state index contributed by atoms with van der Waals surface area (Å²) < 4.78 is 0. The number of nitrogens with one attached hydrogen (secondary N) is 2. The summed E-state index contributed by atoms with van der Waals surface area (Å²) in [4.78, 5) is 60.2. The Labute approximate surface area is 287 Å². The molecule has 9 heteroatoms. The van der Waals surface area contributed by atoms with Crippen molar-refractivity contribution >= 4 is 23.6 Å². The van der Waals surface area contributed by atoms with Crippen LogP contribution in [0.25, 0.3) is 0 Å². The van der Waals surface area contributed by atoms with Gasteiger partial charge in [-0.1, -0.05) is 92.6 Å². The van der Waals surface area contributed by atoms with Crippen LogP contribution in [0.1, 0.15) is 139 Å². The second kappa shape index (κ2) is 19.5. The van der Waals surface area contributed by atoms with E-state index in [4.69, 9.17) is 0 Å². The molecule has 2 fully saturated rings. The number of piperidine rings is 1. The van der Waals surface area contributed by atoms with Crippen LogP contribution in [-0.4, -0.2) is 95.2 Å². The fourth-order valence-electron chi connectivity index (χ4n) is 7.09. The zero-order valence-corrected chi connectivity index (χ0v) is 31.6. The highest BCUT2D eigenvalue weighted by Gasteiger charge is 2.40. The van der Waals surface area contributed by atoms with Crippen molar-refractivity contribution in [2.24, 2.45) is 11.3 Å². The lowest BCUT2D eigenvalue weighted by Crippen LogP contribution is -2.60. The summed E-state index contributed by atoms with van der Waals surface area (Å²) in [5.41, 5.74) is 0.0147. The lowest BCUT2D eigenvalue weighted by molar-refractivity contribution is -0.142. The van der Waals surface area contributed by atoms with E-state index in [1.807, 2.05) is 40.7 Å². The molecule has 0 bridgehead atoms. The summed E-state index contributed by atoms with van der Waals surface area (Å²) in [6.07, 6.45) is 14.5. The number of amides is 4. The number of unbranched alkanes of at least 4 members (excludes halogenated alkanes) is 6. The molecule has 270 valence electrons. The number of rotatable bonds is 17. The predicted octanol–water partition coefficient (Wildman–Crippen LogP) is 6.07. The Hall–Kier alpha value is -2.42. The molecule has 4 atom stereocenters. The number of carbonyl (C=O) groups excluding carboxylic acids is 4. The minimum absolute atomic E-state index is 0.0254. The van der Waals surface area contributed by atoms with Crippen LogP contribution in [0.3, 0.4) is 0 Å². The first-order chi connectivity index (χ1) is 22.1. The first-order valence-electron chi connectivity index (χ1n) is 18.7. The molecule has 1 unspecified atom stereocenters. The quantitative estimate of drug-likeness (QED) is 0.146. The number of likely N-dealkylation sites (tertiary alicyclic amines) is 2. The van der Waals surface area contributed by atoms with Crippen molar-refractivity contribution in [3.8, 4) is 0 Å². The Bertz CT molecular complexity index is 1050. The zero-order valence-electron chi connectivity index (χ0n) is 31.6. The van der Waals surface area contributed by atoms with E-state index in [9.17, 15) is 19.2 Å². The molecule has 2 heterocycles. The first-order valence-corrected chi connectivity index (χ1v) is 18.7. The van der Waals surface area contributed by atoms with Gasteiger partial charge in [-0.3, -0.25) is 24.1 Å². The van der Waals surface area contributed by atoms with Crippen LogP contribution in [-0.2, 0) is 19.2 Å². The van der Waals surface area contributed by atoms with Gasteiger partial charge in [0.2, 0.25) is 23.6 Å². The van der Waals surface area contributed by atoms with Gasteiger partial charge in [0.1, 0.15) is 12.1 Å². The molecule has 2 N–H and O–H groups in total. The maximum Gasteiger partial charge on any atom is 0.249 e. The second-order valence-corrected chi connectivity index (χ2v) is 15.8. The van der Waals surface area contributed by atoms with Gasteiger partial charge >= 0.3 is 0 Å². The van der Waals surface area contributed by atoms with Crippen molar-refractivity contribution in [3.63, 3.8) is 0 Å². The van der Waals surface area contributed by atoms with Gasteiger partial charge in [0.25, 0.3) is 0 Å². The van der Waals surface area contributed by atoms with Gasteiger partial charge < -0.3 is 20.4 Å². The minimum Gasteiger partial charge on any atom is -0.354 e. The molecule has 47 heavy (non-hydrogen) atoms. The monoisotopic (exact) mass is 660 g/mol. The van der Waals surface area contributed by atoms with Crippen molar-refractivity contribution in [3.05, 3.63) is 11.6 Å². The van der Waals surface area contributed by atoms with Crippen molar-refractivity contribution in [2.75, 3.05) is 26.7 Å². The maximum atomic E-state index is 14.2. The van der Waals surface area contributed by atoms with Crippen molar-refractivity contribution in [1.82, 2.24) is 25.3 Å². The van der Waals surface area contributed by atoms with Crippen LogP contribution in [0, 0.1) is 11.3 Å². The highest BCUT2D eigenvalue weighted by molar-refractivity contribution is 5.97. The smallest absolute Gasteiger partial charge is 0.249 e. The number of carbonyl (C=O) groups is 4. The lowest BCUT2D eigenvalue weighted by Gasteiger charge is -2.41. The average molecular weight is 660 g/mol. The van der Waals surface area contributed by atoms with E-state index in [0.717, 1.165) is 45.1 Å². The molecule has 2 saturated heterocycles. The second-order valence-electron chi connectivity index (χ2n) is 15.8. The SMILES string of the molecule is CCCCCCCCCNC(=O)[C@@H]1CCCN1C(=O)/C(C)=C/[C@H](C(C)C)N(C)C(=O)[C@@H](NC(=O)C1CCCCN1C(C)C)C(C)(C)C. The summed E-state index contributed by atoms with van der Waals surface area (Å²) in [7, 11) is 1.77. The van der Waals surface area contributed by atoms with Crippen LogP contribution in [0.15, 0.2) is 11.6 Å². The third-order valence-electron chi connectivity index (χ3n) is 10.0. The van der Waals surface area contributed by atoms with Crippen molar-refractivity contribution in [1.29, 1.82) is 0 Å². The third-order valence-corrected chi connectivity index (χ3v) is 10.0. The summed E-state index contributed by atoms with van der Waals surface area (Å²) in [6.45, 7) is 20.3. The Morgan fingerprint density at radius 1 is 0.851 bits per heavy atom. The van der Waals surface area contributed by atoms with Crippen LogP contribution in [0.2, 0.25) is 0 Å². The van der Waals surface area contributed by atoms with E-state index >= 15 is 0 Å². The van der Waals surface area contributed by atoms with E-state index in [1.165, 1.54) is 32.1 Å². The Morgan fingerprint density at radius 2 is 1.47 bits per heavy atom. The van der Waals surface area contributed by atoms with E-state index in [2.05, 4.69) is 36.3 Å². The Kier molecular flexibility index (Phi) is 16.9. The first kappa shape index (κ1) is 40.8. The molecule has 0 aliphatic carbocycles. The molecule has 0 aromatic carbocycles. The van der Waals surface area contributed by atoms with Gasteiger partial charge in [-0.05, 0) is 70.8 Å². The van der Waals surface area contributed by atoms with Crippen LogP contribution in [0.4, 0.5) is 0 Å². The van der Waals surface area contributed by atoms with Crippen LogP contribution < -0.4 is 10.6 Å². The van der Waals surface area contributed by atoms with Crippen molar-refractivity contribution in [2.45, 2.75) is 170 Å². The third kappa shape index (κ3) is 12.2. The molecule has 4 amide bonds. The topological polar surface area (TPSA) is 102 Å². The Balaban J connectivity index is 2.10. The van der Waals surface area contributed by atoms with E-state index in [0.29, 0.717) is 25.1 Å². The maximum absolute atomic E-state index is 14.2. The molecule has 0 aromatic rings. The largest absolute Gasteiger partial charge is 0.354 e. The molecule has 0 aromatic heterocycles. The van der Waals surface area contributed by atoms with Gasteiger partial charge in [0.15, 0.2) is 0 Å². The van der Waals surface area contributed by atoms with Gasteiger partial charge in [0.05, 0.1) is 12.1 Å². The van der Waals surface area contributed by atoms with E-state index in [-0.39, 0.29) is 47.7 Å². The van der Waals surface area contributed by atoms with E-state index in [1.54, 1.807) is 23.8 Å². The number of likely N-dealkylation sites (N-methyl/N-ethyl adjacent to an activating group) is 1. The molecule has 2 aliphatic rings. The zero-order chi connectivity index (χ0) is 35.3. The molecular weight excluding hydrogens is 590 g/mol. The number of hydrogen-bond donors (Lipinski definition) is 2.